The third-order valence-electron chi connectivity index (χ3n) is 2.33. The van der Waals surface area contributed by atoms with Gasteiger partial charge in [0, 0.05) is 12.1 Å². The largest absolute Gasteiger partial charge is 0.369 e. The molecule has 0 bridgehead atoms. The molecule has 1 saturated heterocycles. The van der Waals surface area contributed by atoms with E-state index in [0.717, 1.165) is 6.54 Å². The molecule has 1 heterocycles. The van der Waals surface area contributed by atoms with Crippen molar-refractivity contribution < 1.29 is 9.53 Å². The molecule has 1 rings (SSSR count). The van der Waals surface area contributed by atoms with Crippen LogP contribution in [0.1, 0.15) is 20.8 Å². The molecule has 0 aliphatic carbocycles. The minimum atomic E-state index is -0.123. The number of nitrogens with zero attached hydrogens (tertiary/aromatic N) is 1. The summed E-state index contributed by atoms with van der Waals surface area (Å²) in [5.41, 5.74) is -0.123. The number of nitrogens with one attached hydrogen (secondary N) is 1. The fourth-order valence-electron chi connectivity index (χ4n) is 1.94. The Hall–Kier alpha value is -0.610. The molecule has 0 radical (unpaired) electrons. The van der Waals surface area contributed by atoms with E-state index in [1.54, 1.807) is 0 Å². The van der Waals surface area contributed by atoms with E-state index in [1.807, 2.05) is 11.9 Å². The summed E-state index contributed by atoms with van der Waals surface area (Å²) in [5.74, 6) is 0.0870. The monoisotopic (exact) mass is 200 g/mol. The van der Waals surface area contributed by atoms with Crippen LogP contribution in [0.2, 0.25) is 0 Å². The number of carbonyl (C=O) groups excluding carboxylic acids is 1. The number of rotatable bonds is 2. The number of carbonyl (C=O) groups is 1. The Kier molecular flexibility index (Phi) is 3.50. The number of morpholine rings is 1. The molecule has 0 spiro atoms. The quantitative estimate of drug-likeness (QED) is 0.694. The van der Waals surface area contributed by atoms with Crippen molar-refractivity contribution in [3.8, 4) is 0 Å². The van der Waals surface area contributed by atoms with E-state index >= 15 is 0 Å². The summed E-state index contributed by atoms with van der Waals surface area (Å²) in [5, 5.41) is 3.09. The average molecular weight is 200 g/mol. The van der Waals surface area contributed by atoms with Gasteiger partial charge in [-0.25, -0.2) is 0 Å². The van der Waals surface area contributed by atoms with Crippen molar-refractivity contribution in [3.05, 3.63) is 0 Å². The highest BCUT2D eigenvalue weighted by Crippen LogP contribution is 2.20. The summed E-state index contributed by atoms with van der Waals surface area (Å²) in [7, 11) is 1.89. The van der Waals surface area contributed by atoms with Crippen molar-refractivity contribution in [2.75, 3.05) is 26.8 Å². The van der Waals surface area contributed by atoms with Gasteiger partial charge in [-0.3, -0.25) is 4.79 Å². The molecule has 0 aromatic rings. The van der Waals surface area contributed by atoms with Crippen LogP contribution in [0.4, 0.5) is 0 Å². The van der Waals surface area contributed by atoms with Crippen LogP contribution in [0, 0.1) is 0 Å². The first-order chi connectivity index (χ1) is 6.46. The molecule has 0 saturated carbocycles. The molecule has 1 fully saturated rings. The first-order valence-electron chi connectivity index (χ1n) is 5.01. The van der Waals surface area contributed by atoms with Crippen molar-refractivity contribution in [2.24, 2.45) is 0 Å². The Morgan fingerprint density at radius 2 is 2.21 bits per heavy atom. The second-order valence-corrected chi connectivity index (χ2v) is 4.66. The van der Waals surface area contributed by atoms with E-state index in [9.17, 15) is 4.79 Å². The smallest absolute Gasteiger partial charge is 0.249 e. The number of amides is 1. The summed E-state index contributed by atoms with van der Waals surface area (Å²) < 4.78 is 5.24. The lowest BCUT2D eigenvalue weighted by atomic mass is 10.0. The lowest BCUT2D eigenvalue weighted by molar-refractivity contribution is -0.155. The Bertz CT molecular complexity index is 209. The van der Waals surface area contributed by atoms with E-state index in [-0.39, 0.29) is 24.1 Å². The average Bonchev–Trinajstić information content (AvgIpc) is 2.02. The molecule has 1 amide bonds. The predicted molar refractivity (Wildman–Crippen MR) is 55.1 cm³/mol. The van der Waals surface area contributed by atoms with Crippen molar-refractivity contribution in [1.82, 2.24) is 10.2 Å². The van der Waals surface area contributed by atoms with Crippen molar-refractivity contribution >= 4 is 5.91 Å². The molecule has 1 N–H and O–H groups in total. The van der Waals surface area contributed by atoms with E-state index in [2.05, 4.69) is 26.1 Å². The van der Waals surface area contributed by atoms with Crippen molar-refractivity contribution in [2.45, 2.75) is 32.4 Å². The molecular formula is C10H20N2O2. The van der Waals surface area contributed by atoms with Gasteiger partial charge in [-0.05, 0) is 27.8 Å². The fraction of sp³-hybridized carbons (Fsp3) is 0.900. The Morgan fingerprint density at radius 3 is 2.71 bits per heavy atom. The van der Waals surface area contributed by atoms with Gasteiger partial charge in [0.1, 0.15) is 6.61 Å². The normalized spacial score (nSPS) is 24.1. The molecule has 1 aliphatic heterocycles. The van der Waals surface area contributed by atoms with Crippen LogP contribution in [0.5, 0.6) is 0 Å². The highest BCUT2D eigenvalue weighted by Gasteiger charge is 2.35. The topological polar surface area (TPSA) is 41.6 Å². The van der Waals surface area contributed by atoms with Crippen LogP contribution < -0.4 is 5.32 Å². The van der Waals surface area contributed by atoms with Gasteiger partial charge in [0.2, 0.25) is 5.91 Å². The summed E-state index contributed by atoms with van der Waals surface area (Å²) in [4.78, 5) is 13.6. The summed E-state index contributed by atoms with van der Waals surface area (Å²) in [6.07, 6.45) is 0. The van der Waals surface area contributed by atoms with Crippen LogP contribution in [0.25, 0.3) is 0 Å². The third kappa shape index (κ3) is 2.45. The predicted octanol–water partition coefficient (Wildman–Crippen LogP) is 0.232. The zero-order valence-electron chi connectivity index (χ0n) is 9.46. The maximum absolute atomic E-state index is 11.7. The number of ether oxygens (including phenoxy) is 1. The van der Waals surface area contributed by atoms with E-state index < -0.39 is 0 Å². The molecular weight excluding hydrogens is 180 g/mol. The molecule has 4 heteroatoms. The first-order valence-corrected chi connectivity index (χ1v) is 5.01. The molecule has 1 atom stereocenters. The van der Waals surface area contributed by atoms with Gasteiger partial charge in [-0.15, -0.1) is 0 Å². The number of likely N-dealkylation sites (N-methyl/N-ethyl adjacent to an activating group) is 1. The van der Waals surface area contributed by atoms with Crippen LogP contribution in [0.3, 0.4) is 0 Å². The Balaban J connectivity index is 2.76. The SMILES string of the molecule is CNCC1COCC(=O)N1C(C)(C)C. The maximum atomic E-state index is 11.7. The maximum Gasteiger partial charge on any atom is 0.249 e. The molecule has 1 unspecified atom stereocenters. The molecule has 1 aliphatic rings. The molecule has 0 aromatic carbocycles. The number of hydrogen-bond donors (Lipinski definition) is 1. The lowest BCUT2D eigenvalue weighted by Crippen LogP contribution is -2.60. The minimum absolute atomic E-state index is 0.0870. The highest BCUT2D eigenvalue weighted by atomic mass is 16.5. The standard InChI is InChI=1S/C10H20N2O2/c1-10(2,3)12-8(5-11-4)6-14-7-9(12)13/h8,11H,5-7H2,1-4H3. The van der Waals surface area contributed by atoms with Crippen molar-refractivity contribution in [3.63, 3.8) is 0 Å². The fourth-order valence-corrected chi connectivity index (χ4v) is 1.94. The van der Waals surface area contributed by atoms with E-state index in [1.165, 1.54) is 0 Å². The second kappa shape index (κ2) is 4.28. The van der Waals surface area contributed by atoms with Gasteiger partial charge in [0.25, 0.3) is 0 Å². The van der Waals surface area contributed by atoms with Gasteiger partial charge in [0.15, 0.2) is 0 Å². The van der Waals surface area contributed by atoms with Gasteiger partial charge >= 0.3 is 0 Å². The summed E-state index contributed by atoms with van der Waals surface area (Å²) >= 11 is 0. The van der Waals surface area contributed by atoms with Crippen LogP contribution >= 0.6 is 0 Å². The first kappa shape index (κ1) is 11.5. The Labute approximate surface area is 85.6 Å². The minimum Gasteiger partial charge on any atom is -0.369 e. The Morgan fingerprint density at radius 1 is 1.57 bits per heavy atom. The highest BCUT2D eigenvalue weighted by molar-refractivity contribution is 5.79. The summed E-state index contributed by atoms with van der Waals surface area (Å²) in [6, 6.07) is 0.154. The zero-order valence-corrected chi connectivity index (χ0v) is 9.46. The molecule has 82 valence electrons. The third-order valence-corrected chi connectivity index (χ3v) is 2.33. The van der Waals surface area contributed by atoms with E-state index in [0.29, 0.717) is 6.61 Å². The van der Waals surface area contributed by atoms with Crippen molar-refractivity contribution in [1.29, 1.82) is 0 Å². The van der Waals surface area contributed by atoms with Gasteiger partial charge < -0.3 is 15.0 Å². The molecule has 14 heavy (non-hydrogen) atoms. The van der Waals surface area contributed by atoms with Crippen LogP contribution in [0.15, 0.2) is 0 Å². The van der Waals surface area contributed by atoms with Gasteiger partial charge in [0.05, 0.1) is 12.6 Å². The van der Waals surface area contributed by atoms with Crippen LogP contribution in [-0.2, 0) is 9.53 Å². The second-order valence-electron chi connectivity index (χ2n) is 4.66. The number of hydrogen-bond acceptors (Lipinski definition) is 3. The zero-order chi connectivity index (χ0) is 10.8. The van der Waals surface area contributed by atoms with Crippen LogP contribution in [-0.4, -0.2) is 49.2 Å². The lowest BCUT2D eigenvalue weighted by Gasteiger charge is -2.44. The van der Waals surface area contributed by atoms with Gasteiger partial charge in [-0.2, -0.15) is 0 Å². The molecule has 4 nitrogen and oxygen atoms in total. The molecule has 0 aromatic heterocycles. The van der Waals surface area contributed by atoms with E-state index in [4.69, 9.17) is 4.74 Å². The van der Waals surface area contributed by atoms with Gasteiger partial charge in [-0.1, -0.05) is 0 Å². The summed E-state index contributed by atoms with van der Waals surface area (Å²) in [6.45, 7) is 7.79.